The third kappa shape index (κ3) is 3.86. The molecule has 0 spiro atoms. The number of benzene rings is 2. The molecule has 2 aromatic carbocycles. The Morgan fingerprint density at radius 3 is 2.33 bits per heavy atom. The molecule has 0 bridgehead atoms. The molecule has 0 fully saturated rings. The van der Waals surface area contributed by atoms with Crippen LogP contribution in [-0.4, -0.2) is 14.2 Å². The molecule has 0 aliphatic rings. The minimum absolute atomic E-state index is 0.0380. The number of ether oxygens (including phenoxy) is 2. The maximum absolute atomic E-state index is 6.21. The van der Waals surface area contributed by atoms with E-state index in [0.29, 0.717) is 0 Å². The van der Waals surface area contributed by atoms with Crippen LogP contribution in [0.4, 0.5) is 0 Å². The average Bonchev–Trinajstić information content (AvgIpc) is 2.49. The number of hydrogen-bond acceptors (Lipinski definition) is 2. The lowest BCUT2D eigenvalue weighted by Crippen LogP contribution is -1.99. The van der Waals surface area contributed by atoms with Gasteiger partial charge in [-0.3, -0.25) is 0 Å². The van der Waals surface area contributed by atoms with Crippen LogP contribution < -0.4 is 9.47 Å². The monoisotopic (exact) mass is 544 g/mol. The van der Waals surface area contributed by atoms with Gasteiger partial charge in [-0.15, -0.1) is 0 Å². The van der Waals surface area contributed by atoms with Gasteiger partial charge in [0.05, 0.1) is 28.5 Å². The van der Waals surface area contributed by atoms with Crippen LogP contribution in [0.2, 0.25) is 5.02 Å². The Balaban J connectivity index is 2.50. The van der Waals surface area contributed by atoms with Crippen LogP contribution in [0.3, 0.4) is 0 Å². The van der Waals surface area contributed by atoms with Gasteiger partial charge in [0.25, 0.3) is 0 Å². The molecule has 0 aromatic heterocycles. The second-order valence-electron chi connectivity index (χ2n) is 4.26. The van der Waals surface area contributed by atoms with E-state index in [1.807, 2.05) is 30.3 Å². The van der Waals surface area contributed by atoms with Gasteiger partial charge in [-0.25, -0.2) is 0 Å². The number of hydrogen-bond donors (Lipinski definition) is 0. The van der Waals surface area contributed by atoms with E-state index in [1.54, 1.807) is 14.2 Å². The zero-order chi connectivity index (χ0) is 15.6. The largest absolute Gasteiger partial charge is 0.496 e. The van der Waals surface area contributed by atoms with Crippen molar-refractivity contribution in [2.45, 2.75) is 4.83 Å². The lowest BCUT2D eigenvalue weighted by Gasteiger charge is -2.17. The highest BCUT2D eigenvalue weighted by molar-refractivity contribution is 14.1. The summed E-state index contributed by atoms with van der Waals surface area (Å²) in [6, 6.07) is 9.84. The smallest absolute Gasteiger partial charge is 0.133 e. The predicted molar refractivity (Wildman–Crippen MR) is 102 cm³/mol. The van der Waals surface area contributed by atoms with Gasteiger partial charge in [-0.2, -0.15) is 0 Å². The van der Waals surface area contributed by atoms with Crippen molar-refractivity contribution >= 4 is 66.1 Å². The molecule has 1 unspecified atom stereocenters. The van der Waals surface area contributed by atoms with Crippen molar-refractivity contribution in [3.8, 4) is 11.5 Å². The lowest BCUT2D eigenvalue weighted by molar-refractivity contribution is 0.397. The molecule has 112 valence electrons. The van der Waals surface area contributed by atoms with E-state index in [9.17, 15) is 0 Å². The van der Waals surface area contributed by atoms with Gasteiger partial charge in [-0.05, 0) is 68.3 Å². The van der Waals surface area contributed by atoms with Crippen molar-refractivity contribution in [3.05, 3.63) is 54.5 Å². The molecule has 0 saturated carbocycles. The number of methoxy groups -OCH3 is 2. The first-order valence-electron chi connectivity index (χ1n) is 5.98. The normalized spacial score (nSPS) is 12.1. The third-order valence-electron chi connectivity index (χ3n) is 3.01. The van der Waals surface area contributed by atoms with Gasteiger partial charge < -0.3 is 9.47 Å². The summed E-state index contributed by atoms with van der Waals surface area (Å²) in [5.74, 6) is 1.53. The summed E-state index contributed by atoms with van der Waals surface area (Å²) in [5.41, 5.74) is 2.04. The Kier molecular flexibility index (Phi) is 6.23. The zero-order valence-corrected chi connectivity index (χ0v) is 17.4. The molecule has 21 heavy (non-hydrogen) atoms. The minimum atomic E-state index is -0.0380. The number of rotatable bonds is 4. The van der Waals surface area contributed by atoms with Crippen molar-refractivity contribution in [2.75, 3.05) is 14.2 Å². The van der Waals surface area contributed by atoms with Gasteiger partial charge >= 0.3 is 0 Å². The number of alkyl halides is 1. The van der Waals surface area contributed by atoms with Crippen LogP contribution in [0.5, 0.6) is 11.5 Å². The quantitative estimate of drug-likeness (QED) is 0.336. The maximum atomic E-state index is 6.21. The second-order valence-corrected chi connectivity index (χ2v) is 7.60. The zero-order valence-electron chi connectivity index (χ0n) is 11.3. The molecule has 0 heterocycles. The van der Waals surface area contributed by atoms with E-state index in [-0.39, 0.29) is 4.83 Å². The molecule has 0 saturated heterocycles. The van der Waals surface area contributed by atoms with Crippen LogP contribution in [0.25, 0.3) is 0 Å². The highest BCUT2D eigenvalue weighted by atomic mass is 127. The molecule has 2 rings (SSSR count). The van der Waals surface area contributed by atoms with E-state index in [1.165, 1.54) is 0 Å². The van der Waals surface area contributed by atoms with Crippen molar-refractivity contribution < 1.29 is 9.47 Å². The summed E-state index contributed by atoms with van der Waals surface area (Å²) in [7, 11) is 3.29. The van der Waals surface area contributed by atoms with Gasteiger partial charge in [0, 0.05) is 9.13 Å². The topological polar surface area (TPSA) is 18.5 Å². The van der Waals surface area contributed by atoms with Crippen molar-refractivity contribution in [3.63, 3.8) is 0 Å². The molecule has 1 atom stereocenters. The highest BCUT2D eigenvalue weighted by Gasteiger charge is 2.19. The van der Waals surface area contributed by atoms with Crippen molar-refractivity contribution in [2.24, 2.45) is 0 Å². The van der Waals surface area contributed by atoms with E-state index >= 15 is 0 Å². The Bertz CT molecular complexity index is 664. The highest BCUT2D eigenvalue weighted by Crippen LogP contribution is 2.42. The summed E-state index contributed by atoms with van der Waals surface area (Å²) in [4.78, 5) is -0.0380. The van der Waals surface area contributed by atoms with Gasteiger partial charge in [0.15, 0.2) is 0 Å². The Labute approximate surface area is 159 Å². The van der Waals surface area contributed by atoms with E-state index < -0.39 is 0 Å². The molecular formula is C15H12Br2ClIO2. The average molecular weight is 546 g/mol. The first kappa shape index (κ1) is 17.4. The number of halogens is 4. The fraction of sp³-hybridized carbons (Fsp3) is 0.200. The molecule has 0 radical (unpaired) electrons. The van der Waals surface area contributed by atoms with Gasteiger partial charge in [0.2, 0.25) is 0 Å². The van der Waals surface area contributed by atoms with Crippen LogP contribution in [0, 0.1) is 3.57 Å². The lowest BCUT2D eigenvalue weighted by atomic mass is 10.0. The molecule has 2 nitrogen and oxygen atoms in total. The Hall–Kier alpha value is 0.0200. The Morgan fingerprint density at radius 1 is 1.10 bits per heavy atom. The summed E-state index contributed by atoms with van der Waals surface area (Å²) >= 11 is 15.6. The SMILES string of the molecule is COc1cc(C(Br)c2ccc(I)c(Cl)c2)c(OC)cc1Br. The molecule has 0 aliphatic carbocycles. The molecule has 6 heteroatoms. The fourth-order valence-electron chi connectivity index (χ4n) is 1.93. The molecule has 0 N–H and O–H groups in total. The molecule has 0 amide bonds. The molecule has 2 aromatic rings. The van der Waals surface area contributed by atoms with Crippen molar-refractivity contribution in [1.82, 2.24) is 0 Å². The third-order valence-corrected chi connectivity index (χ3v) is 6.23. The van der Waals surface area contributed by atoms with Crippen LogP contribution in [-0.2, 0) is 0 Å². The first-order valence-corrected chi connectivity index (χ1v) is 9.15. The summed E-state index contributed by atoms with van der Waals surface area (Å²) < 4.78 is 12.7. The minimum Gasteiger partial charge on any atom is -0.496 e. The standard InChI is InChI=1S/C15H12Br2ClIO2/c1-20-13-7-10(16)14(21-2)6-9(13)15(17)8-3-4-12(19)11(18)5-8/h3-7,15H,1-2H3. The first-order chi connectivity index (χ1) is 9.97. The van der Waals surface area contributed by atoms with Crippen LogP contribution in [0.1, 0.15) is 16.0 Å². The van der Waals surface area contributed by atoms with Gasteiger partial charge in [0.1, 0.15) is 11.5 Å². The van der Waals surface area contributed by atoms with Crippen LogP contribution >= 0.6 is 66.1 Å². The van der Waals surface area contributed by atoms with E-state index in [4.69, 9.17) is 21.1 Å². The maximum Gasteiger partial charge on any atom is 0.133 e. The summed E-state index contributed by atoms with van der Waals surface area (Å²) in [6.45, 7) is 0. The molecule has 0 aliphatic heterocycles. The van der Waals surface area contributed by atoms with Crippen molar-refractivity contribution in [1.29, 1.82) is 0 Å². The molecular weight excluding hydrogens is 534 g/mol. The predicted octanol–water partition coefficient (Wildman–Crippen LogP) is 6.21. The summed E-state index contributed by atoms with van der Waals surface area (Å²) in [6.07, 6.45) is 0. The second kappa shape index (κ2) is 7.53. The fourth-order valence-corrected chi connectivity index (χ4v) is 3.58. The van der Waals surface area contributed by atoms with E-state index in [2.05, 4.69) is 54.5 Å². The Morgan fingerprint density at radius 2 is 1.76 bits per heavy atom. The van der Waals surface area contributed by atoms with Gasteiger partial charge in [-0.1, -0.05) is 33.6 Å². The summed E-state index contributed by atoms with van der Waals surface area (Å²) in [5, 5.41) is 0.737. The van der Waals surface area contributed by atoms with Crippen LogP contribution in [0.15, 0.2) is 34.8 Å². The van der Waals surface area contributed by atoms with E-state index in [0.717, 1.165) is 35.7 Å².